The predicted octanol–water partition coefficient (Wildman–Crippen LogP) is 5.79. The molecule has 0 saturated carbocycles. The van der Waals surface area contributed by atoms with Crippen LogP contribution in [0.15, 0.2) is 75.7 Å². The van der Waals surface area contributed by atoms with Crippen LogP contribution in [0.25, 0.3) is 16.8 Å². The number of hydrogen-bond acceptors (Lipinski definition) is 7. The summed E-state index contributed by atoms with van der Waals surface area (Å²) < 4.78 is 19.1. The third kappa shape index (κ3) is 5.42. The van der Waals surface area contributed by atoms with Gasteiger partial charge < -0.3 is 14.2 Å². The lowest BCUT2D eigenvalue weighted by atomic mass is 9.93. The van der Waals surface area contributed by atoms with Gasteiger partial charge in [-0.15, -0.1) is 0 Å². The summed E-state index contributed by atoms with van der Waals surface area (Å²) >= 11 is 7.73. The number of carbonyl (C=O) groups excluding carboxylic acids is 1. The van der Waals surface area contributed by atoms with Gasteiger partial charge in [0.1, 0.15) is 17.5 Å². The van der Waals surface area contributed by atoms with E-state index in [1.165, 1.54) is 11.3 Å². The Morgan fingerprint density at radius 3 is 2.51 bits per heavy atom. The highest BCUT2D eigenvalue weighted by atomic mass is 35.5. The fourth-order valence-electron chi connectivity index (χ4n) is 5.18. The molecule has 1 atom stereocenters. The molecule has 3 aromatic carbocycles. The van der Waals surface area contributed by atoms with Gasteiger partial charge in [-0.3, -0.25) is 9.36 Å². The molecule has 7 nitrogen and oxygen atoms in total. The molecule has 2 heterocycles. The van der Waals surface area contributed by atoms with Crippen molar-refractivity contribution in [3.8, 4) is 11.5 Å². The molecule has 5 rings (SSSR count). The molecular weight excluding hydrogens is 560 g/mol. The summed E-state index contributed by atoms with van der Waals surface area (Å²) in [5.74, 6) is 0.780. The largest absolute Gasteiger partial charge is 0.496 e. The van der Waals surface area contributed by atoms with Crippen LogP contribution < -0.4 is 24.4 Å². The summed E-state index contributed by atoms with van der Waals surface area (Å²) in [6.07, 6.45) is 3.18. The molecule has 0 amide bonds. The minimum absolute atomic E-state index is 0.191. The van der Waals surface area contributed by atoms with E-state index in [0.29, 0.717) is 50.0 Å². The molecule has 0 unspecified atom stereocenters. The van der Waals surface area contributed by atoms with Crippen molar-refractivity contribution in [2.24, 2.45) is 4.99 Å². The number of carbonyl (C=O) groups is 1. The maximum Gasteiger partial charge on any atom is 0.338 e. The second-order valence-electron chi connectivity index (χ2n) is 9.43. The average molecular weight is 591 g/mol. The standard InChI is InChI=1S/C32H31ClN2O5S/c1-5-10-24-28(31(37)40-7-3)29(23-18-20(33)14-16-25(23)38-4)35-30(36)27(41-32(35)34-24)17-19-13-15-26(39-6-2)22-12-9-8-11-21(19)22/h8-9,11-18,29H,5-7,10H2,1-4H3/b27-17+/t29-/m1/s1. The Morgan fingerprint density at radius 1 is 1.05 bits per heavy atom. The minimum Gasteiger partial charge on any atom is -0.496 e. The van der Waals surface area contributed by atoms with E-state index < -0.39 is 12.0 Å². The number of rotatable bonds is 9. The third-order valence-corrected chi connectivity index (χ3v) is 8.10. The normalized spacial score (nSPS) is 15.0. The number of esters is 1. The van der Waals surface area contributed by atoms with E-state index in [-0.39, 0.29) is 12.2 Å². The van der Waals surface area contributed by atoms with Crippen molar-refractivity contribution in [1.82, 2.24) is 4.57 Å². The van der Waals surface area contributed by atoms with Crippen LogP contribution in [0, 0.1) is 0 Å². The first-order chi connectivity index (χ1) is 19.9. The average Bonchev–Trinajstić information content (AvgIpc) is 3.28. The van der Waals surface area contributed by atoms with Crippen molar-refractivity contribution in [1.29, 1.82) is 0 Å². The second kappa shape index (κ2) is 12.3. The number of nitrogens with zero attached hydrogens (tertiary/aromatic N) is 2. The van der Waals surface area contributed by atoms with Crippen LogP contribution in [0.3, 0.4) is 0 Å². The molecule has 1 aliphatic rings. The summed E-state index contributed by atoms with van der Waals surface area (Å²) in [6, 6.07) is 16.2. The zero-order chi connectivity index (χ0) is 29.1. The number of thiazole rings is 1. The van der Waals surface area contributed by atoms with Crippen molar-refractivity contribution in [3.05, 3.63) is 102 Å². The van der Waals surface area contributed by atoms with Crippen LogP contribution in [0.1, 0.15) is 50.8 Å². The summed E-state index contributed by atoms with van der Waals surface area (Å²) in [5, 5.41) is 2.39. The lowest BCUT2D eigenvalue weighted by Crippen LogP contribution is -2.40. The lowest BCUT2D eigenvalue weighted by molar-refractivity contribution is -0.139. The van der Waals surface area contributed by atoms with Gasteiger partial charge in [-0.25, -0.2) is 9.79 Å². The van der Waals surface area contributed by atoms with E-state index in [9.17, 15) is 9.59 Å². The highest BCUT2D eigenvalue weighted by Gasteiger charge is 2.36. The molecule has 1 aliphatic heterocycles. The number of benzene rings is 3. The molecule has 0 saturated heterocycles. The number of hydrogen-bond donors (Lipinski definition) is 0. The zero-order valence-corrected chi connectivity index (χ0v) is 25.0. The van der Waals surface area contributed by atoms with Crippen molar-refractivity contribution >= 4 is 45.8 Å². The minimum atomic E-state index is -0.820. The van der Waals surface area contributed by atoms with Gasteiger partial charge in [0, 0.05) is 16.0 Å². The van der Waals surface area contributed by atoms with Crippen LogP contribution in [-0.2, 0) is 9.53 Å². The summed E-state index contributed by atoms with van der Waals surface area (Å²) in [6.45, 7) is 6.47. The Hall–Kier alpha value is -3.88. The first-order valence-electron chi connectivity index (χ1n) is 13.6. The Morgan fingerprint density at radius 2 is 1.80 bits per heavy atom. The van der Waals surface area contributed by atoms with Gasteiger partial charge >= 0.3 is 5.97 Å². The van der Waals surface area contributed by atoms with Crippen LogP contribution in [0.4, 0.5) is 0 Å². The SMILES string of the molecule is CCCC1=C(C(=O)OCC)[C@@H](c2cc(Cl)ccc2OC)n2c(s/c(=C/c3ccc(OCC)c4ccccc34)c2=O)=N1. The Balaban J connectivity index is 1.80. The number of allylic oxidation sites excluding steroid dienone is 1. The van der Waals surface area contributed by atoms with E-state index in [2.05, 4.69) is 0 Å². The van der Waals surface area contributed by atoms with Crippen LogP contribution in [0.2, 0.25) is 5.02 Å². The van der Waals surface area contributed by atoms with Gasteiger partial charge in [0.25, 0.3) is 5.56 Å². The molecule has 0 spiro atoms. The van der Waals surface area contributed by atoms with Crippen molar-refractivity contribution in [2.45, 2.75) is 39.7 Å². The quantitative estimate of drug-likeness (QED) is 0.231. The van der Waals surface area contributed by atoms with E-state index in [4.69, 9.17) is 30.8 Å². The van der Waals surface area contributed by atoms with Gasteiger partial charge in [0.15, 0.2) is 4.80 Å². The molecule has 0 bridgehead atoms. The predicted molar refractivity (Wildman–Crippen MR) is 163 cm³/mol. The van der Waals surface area contributed by atoms with E-state index in [1.807, 2.05) is 56.3 Å². The molecule has 0 N–H and O–H groups in total. The fourth-order valence-corrected chi connectivity index (χ4v) is 6.37. The fraction of sp³-hybridized carbons (Fsp3) is 0.281. The summed E-state index contributed by atoms with van der Waals surface area (Å²) in [4.78, 5) is 33.0. The van der Waals surface area contributed by atoms with Crippen LogP contribution in [0.5, 0.6) is 11.5 Å². The third-order valence-electron chi connectivity index (χ3n) is 6.88. The van der Waals surface area contributed by atoms with Crippen LogP contribution >= 0.6 is 22.9 Å². The number of ether oxygens (including phenoxy) is 3. The Bertz CT molecular complexity index is 1840. The van der Waals surface area contributed by atoms with Gasteiger partial charge in [-0.05, 0) is 61.6 Å². The first-order valence-corrected chi connectivity index (χ1v) is 14.8. The molecule has 0 radical (unpaired) electrons. The summed E-state index contributed by atoms with van der Waals surface area (Å²) in [7, 11) is 1.55. The second-order valence-corrected chi connectivity index (χ2v) is 10.9. The Kier molecular flexibility index (Phi) is 8.61. The van der Waals surface area contributed by atoms with Gasteiger partial charge in [0.05, 0.1) is 36.1 Å². The molecule has 0 aliphatic carbocycles. The van der Waals surface area contributed by atoms with Crippen molar-refractivity contribution in [3.63, 3.8) is 0 Å². The Labute approximate surface area is 247 Å². The number of halogens is 1. The maximum absolute atomic E-state index is 14.2. The lowest BCUT2D eigenvalue weighted by Gasteiger charge is -2.27. The number of aromatic nitrogens is 1. The maximum atomic E-state index is 14.2. The molecule has 41 heavy (non-hydrogen) atoms. The van der Waals surface area contributed by atoms with E-state index in [0.717, 1.165) is 28.5 Å². The first kappa shape index (κ1) is 28.6. The molecule has 1 aromatic heterocycles. The van der Waals surface area contributed by atoms with Gasteiger partial charge in [0.2, 0.25) is 0 Å². The van der Waals surface area contributed by atoms with Crippen molar-refractivity contribution in [2.75, 3.05) is 20.3 Å². The number of fused-ring (bicyclic) bond motifs is 2. The molecule has 0 fully saturated rings. The topological polar surface area (TPSA) is 79.1 Å². The van der Waals surface area contributed by atoms with Crippen molar-refractivity contribution < 1.29 is 19.0 Å². The molecular formula is C32H31ClN2O5S. The van der Waals surface area contributed by atoms with Gasteiger partial charge in [-0.2, -0.15) is 0 Å². The molecule has 9 heteroatoms. The smallest absolute Gasteiger partial charge is 0.338 e. The molecule has 212 valence electrons. The highest BCUT2D eigenvalue weighted by Crippen LogP contribution is 2.38. The van der Waals surface area contributed by atoms with E-state index >= 15 is 0 Å². The van der Waals surface area contributed by atoms with E-state index in [1.54, 1.807) is 36.8 Å². The zero-order valence-electron chi connectivity index (χ0n) is 23.4. The number of methoxy groups -OCH3 is 1. The van der Waals surface area contributed by atoms with Crippen LogP contribution in [-0.4, -0.2) is 30.9 Å². The highest BCUT2D eigenvalue weighted by molar-refractivity contribution is 7.07. The monoisotopic (exact) mass is 590 g/mol. The van der Waals surface area contributed by atoms with Gasteiger partial charge in [-0.1, -0.05) is 66.6 Å². The molecule has 4 aromatic rings. The summed E-state index contributed by atoms with van der Waals surface area (Å²) in [5.41, 5.74) is 2.11.